The average molecular weight is 270 g/mol. The van der Waals surface area contributed by atoms with Gasteiger partial charge in [0.1, 0.15) is 5.82 Å². The Bertz CT molecular complexity index is 385. The van der Waals surface area contributed by atoms with E-state index in [0.717, 1.165) is 18.9 Å². The maximum Gasteiger partial charge on any atom is 0.139 e. The summed E-state index contributed by atoms with van der Waals surface area (Å²) in [5.74, 6) is 2.00. The van der Waals surface area contributed by atoms with Gasteiger partial charge >= 0.3 is 0 Å². The number of nitrogens with one attached hydrogen (secondary N) is 1. The maximum absolute atomic E-state index is 4.72. The smallest absolute Gasteiger partial charge is 0.139 e. The first-order chi connectivity index (χ1) is 7.31. The van der Waals surface area contributed by atoms with Crippen LogP contribution in [0.15, 0.2) is 4.47 Å². The van der Waals surface area contributed by atoms with Crippen LogP contribution in [-0.4, -0.2) is 16.3 Å². The van der Waals surface area contributed by atoms with Crippen molar-refractivity contribution in [1.82, 2.24) is 9.78 Å². The van der Waals surface area contributed by atoms with E-state index in [0.29, 0.717) is 6.04 Å². The van der Waals surface area contributed by atoms with Crippen molar-refractivity contribution in [2.75, 3.05) is 11.9 Å². The molecule has 0 bridgehead atoms. The lowest BCUT2D eigenvalue weighted by Gasteiger charge is -2.28. The van der Waals surface area contributed by atoms with Crippen LogP contribution in [0.25, 0.3) is 0 Å². The van der Waals surface area contributed by atoms with Crippen molar-refractivity contribution < 1.29 is 0 Å². The Balaban J connectivity index is 2.06. The van der Waals surface area contributed by atoms with Gasteiger partial charge < -0.3 is 5.32 Å². The molecule has 0 spiro atoms. The second-order valence-corrected chi connectivity index (χ2v) is 5.34. The molecule has 82 valence electrons. The monoisotopic (exact) mass is 269 g/mol. The molecule has 1 aliphatic heterocycles. The van der Waals surface area contributed by atoms with E-state index < -0.39 is 0 Å². The predicted molar refractivity (Wildman–Crippen MR) is 64.2 cm³/mol. The molecule has 0 saturated heterocycles. The largest absolute Gasteiger partial charge is 0.369 e. The first-order valence-corrected chi connectivity index (χ1v) is 6.61. The zero-order valence-corrected chi connectivity index (χ0v) is 10.5. The summed E-state index contributed by atoms with van der Waals surface area (Å²) < 4.78 is 3.40. The summed E-state index contributed by atoms with van der Waals surface area (Å²) in [5, 5.41) is 8.23. The van der Waals surface area contributed by atoms with Crippen molar-refractivity contribution in [3.8, 4) is 0 Å². The zero-order valence-electron chi connectivity index (χ0n) is 8.96. The van der Waals surface area contributed by atoms with Crippen molar-refractivity contribution in [2.24, 2.45) is 5.92 Å². The highest BCUT2D eigenvalue weighted by Gasteiger charge is 2.35. The van der Waals surface area contributed by atoms with Gasteiger partial charge in [-0.3, -0.25) is 0 Å². The molecule has 2 unspecified atom stereocenters. The Morgan fingerprint density at radius 1 is 1.53 bits per heavy atom. The van der Waals surface area contributed by atoms with Gasteiger partial charge in [0.15, 0.2) is 0 Å². The Kier molecular flexibility index (Phi) is 2.27. The summed E-state index contributed by atoms with van der Waals surface area (Å²) in [5.41, 5.74) is 1.19. The van der Waals surface area contributed by atoms with E-state index in [4.69, 9.17) is 5.10 Å². The van der Waals surface area contributed by atoms with Gasteiger partial charge in [0.25, 0.3) is 0 Å². The van der Waals surface area contributed by atoms with E-state index in [2.05, 4.69) is 32.9 Å². The highest BCUT2D eigenvalue weighted by Crippen LogP contribution is 2.43. The van der Waals surface area contributed by atoms with E-state index in [-0.39, 0.29) is 0 Å². The van der Waals surface area contributed by atoms with Gasteiger partial charge in [-0.15, -0.1) is 0 Å². The Morgan fingerprint density at radius 2 is 2.40 bits per heavy atom. The van der Waals surface area contributed by atoms with Crippen molar-refractivity contribution in [2.45, 2.75) is 38.6 Å². The summed E-state index contributed by atoms with van der Waals surface area (Å²) in [6.07, 6.45) is 5.02. The molecule has 15 heavy (non-hydrogen) atoms. The van der Waals surface area contributed by atoms with Gasteiger partial charge in [-0.25, -0.2) is 4.68 Å². The Hall–Kier alpha value is -0.510. The van der Waals surface area contributed by atoms with Crippen LogP contribution in [0.3, 0.4) is 0 Å². The molecule has 0 amide bonds. The average Bonchev–Trinajstić information content (AvgIpc) is 2.82. The van der Waals surface area contributed by atoms with E-state index in [1.165, 1.54) is 35.2 Å². The number of rotatable bonds is 1. The number of hydrogen-bond donors (Lipinski definition) is 1. The van der Waals surface area contributed by atoms with Crippen LogP contribution in [0.5, 0.6) is 0 Å². The molecular formula is C11H16BrN3. The lowest BCUT2D eigenvalue weighted by atomic mass is 10.0. The molecule has 2 aliphatic rings. The molecule has 3 nitrogen and oxygen atoms in total. The molecule has 0 radical (unpaired) electrons. The van der Waals surface area contributed by atoms with Gasteiger partial charge in [0, 0.05) is 6.54 Å². The van der Waals surface area contributed by atoms with Crippen LogP contribution in [0, 0.1) is 5.92 Å². The number of nitrogens with zero attached hydrogens (tertiary/aromatic N) is 2. The molecule has 1 fully saturated rings. The Morgan fingerprint density at radius 3 is 3.20 bits per heavy atom. The maximum atomic E-state index is 4.72. The van der Waals surface area contributed by atoms with Crippen molar-refractivity contribution >= 4 is 21.7 Å². The first kappa shape index (κ1) is 9.70. The minimum absolute atomic E-state index is 0.651. The number of aryl methyl sites for hydroxylation is 1. The highest BCUT2D eigenvalue weighted by atomic mass is 79.9. The summed E-state index contributed by atoms with van der Waals surface area (Å²) in [4.78, 5) is 0. The van der Waals surface area contributed by atoms with E-state index in [1.807, 2.05) is 0 Å². The molecule has 1 aromatic heterocycles. The summed E-state index contributed by atoms with van der Waals surface area (Å²) >= 11 is 3.65. The van der Waals surface area contributed by atoms with Crippen molar-refractivity contribution in [1.29, 1.82) is 0 Å². The van der Waals surface area contributed by atoms with Gasteiger partial charge in [-0.2, -0.15) is 5.10 Å². The Labute approximate surface area is 98.4 Å². The summed E-state index contributed by atoms with van der Waals surface area (Å²) in [6, 6.07) is 0.651. The molecule has 2 atom stereocenters. The van der Waals surface area contributed by atoms with Crippen molar-refractivity contribution in [3.05, 3.63) is 10.2 Å². The van der Waals surface area contributed by atoms with Gasteiger partial charge in [-0.1, -0.05) is 13.3 Å². The lowest BCUT2D eigenvalue weighted by Crippen LogP contribution is -2.29. The van der Waals surface area contributed by atoms with Gasteiger partial charge in [0.05, 0.1) is 16.2 Å². The number of anilines is 1. The second-order valence-electron chi connectivity index (χ2n) is 4.55. The van der Waals surface area contributed by atoms with Crippen LogP contribution >= 0.6 is 15.9 Å². The molecule has 1 N–H and O–H groups in total. The first-order valence-electron chi connectivity index (χ1n) is 5.82. The molecule has 1 aromatic rings. The van der Waals surface area contributed by atoms with Crippen LogP contribution in [0.1, 0.15) is 37.9 Å². The van der Waals surface area contributed by atoms with Gasteiger partial charge in [0.2, 0.25) is 0 Å². The van der Waals surface area contributed by atoms with E-state index in [9.17, 15) is 0 Å². The number of fused-ring (bicyclic) bond motifs is 3. The molecular weight excluding hydrogens is 254 g/mol. The van der Waals surface area contributed by atoms with Gasteiger partial charge in [-0.05, 0) is 41.1 Å². The molecule has 2 heterocycles. The molecule has 1 saturated carbocycles. The van der Waals surface area contributed by atoms with E-state index in [1.54, 1.807) is 0 Å². The highest BCUT2D eigenvalue weighted by molar-refractivity contribution is 9.10. The summed E-state index contributed by atoms with van der Waals surface area (Å²) in [6.45, 7) is 3.28. The lowest BCUT2D eigenvalue weighted by molar-refractivity contribution is 0.346. The second kappa shape index (κ2) is 3.51. The van der Waals surface area contributed by atoms with Crippen LogP contribution in [0.4, 0.5) is 5.82 Å². The summed E-state index contributed by atoms with van der Waals surface area (Å²) in [7, 11) is 0. The topological polar surface area (TPSA) is 29.9 Å². The fourth-order valence-electron chi connectivity index (χ4n) is 2.89. The zero-order chi connectivity index (χ0) is 10.4. The molecule has 3 rings (SSSR count). The third-order valence-electron chi connectivity index (χ3n) is 3.72. The number of hydrogen-bond acceptors (Lipinski definition) is 2. The van der Waals surface area contributed by atoms with E-state index >= 15 is 0 Å². The van der Waals surface area contributed by atoms with Crippen LogP contribution < -0.4 is 5.32 Å². The minimum Gasteiger partial charge on any atom is -0.369 e. The number of aromatic nitrogens is 2. The third-order valence-corrected chi connectivity index (χ3v) is 4.55. The molecule has 1 aliphatic carbocycles. The SMILES string of the molecule is CCc1nn2c(c1Br)NCC1CCCC12. The van der Waals surface area contributed by atoms with Crippen molar-refractivity contribution in [3.63, 3.8) is 0 Å². The fourth-order valence-corrected chi connectivity index (χ4v) is 3.57. The molecule has 4 heteroatoms. The minimum atomic E-state index is 0.651. The third kappa shape index (κ3) is 1.34. The van der Waals surface area contributed by atoms with Crippen LogP contribution in [0.2, 0.25) is 0 Å². The fraction of sp³-hybridized carbons (Fsp3) is 0.727. The van der Waals surface area contributed by atoms with Crippen LogP contribution in [-0.2, 0) is 6.42 Å². The normalized spacial score (nSPS) is 28.4. The number of halogens is 1. The quantitative estimate of drug-likeness (QED) is 0.850. The predicted octanol–water partition coefficient (Wildman–Crippen LogP) is 2.97. The standard InChI is InChI=1S/C11H16BrN3/c1-2-8-10(12)11-13-6-7-4-3-5-9(7)15(11)14-8/h7,9,13H,2-6H2,1H3. The molecule has 0 aromatic carbocycles.